The highest BCUT2D eigenvalue weighted by molar-refractivity contribution is 5.94. The van der Waals surface area contributed by atoms with Gasteiger partial charge in [0.15, 0.2) is 0 Å². The molecule has 0 saturated carbocycles. The molecular formula is C19H17FN4O3. The molecule has 0 radical (unpaired) electrons. The van der Waals surface area contributed by atoms with E-state index in [4.69, 9.17) is 0 Å². The van der Waals surface area contributed by atoms with Crippen LogP contribution in [0.25, 0.3) is 10.9 Å². The third kappa shape index (κ3) is 4.35. The Bertz CT molecular complexity index is 1020. The Morgan fingerprint density at radius 1 is 1.15 bits per heavy atom. The fourth-order valence-electron chi connectivity index (χ4n) is 2.53. The summed E-state index contributed by atoms with van der Waals surface area (Å²) >= 11 is 0. The highest BCUT2D eigenvalue weighted by Gasteiger charge is 2.08. The average Bonchev–Trinajstić information content (AvgIpc) is 2.66. The summed E-state index contributed by atoms with van der Waals surface area (Å²) in [5.41, 5.74) is 1.40. The standard InChI is InChI=1S/C19H17FN4O3/c1-12-2-3-14(11-16(12)20)19(25)22-9-8-21-18-7-4-13-10-15(24(26)27)5-6-17(13)23-18/h2-7,10-11H,8-9H2,1H3,(H,21,23)(H,22,25). The number of aryl methyl sites for hydroxylation is 1. The van der Waals surface area contributed by atoms with E-state index < -0.39 is 10.7 Å². The summed E-state index contributed by atoms with van der Waals surface area (Å²) in [6.45, 7) is 2.38. The van der Waals surface area contributed by atoms with Crippen LogP contribution in [0.4, 0.5) is 15.9 Å². The van der Waals surface area contributed by atoms with Crippen LogP contribution in [-0.4, -0.2) is 28.9 Å². The SMILES string of the molecule is Cc1ccc(C(=O)NCCNc2ccc3cc([N+](=O)[O-])ccc3n2)cc1F. The molecule has 0 aliphatic rings. The minimum Gasteiger partial charge on any atom is -0.368 e. The van der Waals surface area contributed by atoms with Crippen molar-refractivity contribution in [3.63, 3.8) is 0 Å². The molecule has 1 aromatic heterocycles. The van der Waals surface area contributed by atoms with Gasteiger partial charge in [-0.25, -0.2) is 9.37 Å². The Morgan fingerprint density at radius 2 is 1.96 bits per heavy atom. The molecule has 8 heteroatoms. The summed E-state index contributed by atoms with van der Waals surface area (Å²) < 4.78 is 13.5. The maximum atomic E-state index is 13.5. The number of hydrogen-bond donors (Lipinski definition) is 2. The van der Waals surface area contributed by atoms with Gasteiger partial charge < -0.3 is 10.6 Å². The number of non-ortho nitro benzene ring substituents is 1. The van der Waals surface area contributed by atoms with E-state index in [0.717, 1.165) is 0 Å². The number of nitrogens with one attached hydrogen (secondary N) is 2. The van der Waals surface area contributed by atoms with Gasteiger partial charge in [-0.3, -0.25) is 14.9 Å². The van der Waals surface area contributed by atoms with Crippen molar-refractivity contribution in [3.8, 4) is 0 Å². The second kappa shape index (κ2) is 7.77. The number of nitrogens with zero attached hydrogens (tertiary/aromatic N) is 2. The van der Waals surface area contributed by atoms with E-state index in [-0.39, 0.29) is 17.2 Å². The summed E-state index contributed by atoms with van der Waals surface area (Å²) in [4.78, 5) is 26.7. The first-order valence-corrected chi connectivity index (χ1v) is 8.27. The van der Waals surface area contributed by atoms with Gasteiger partial charge in [-0.15, -0.1) is 0 Å². The zero-order chi connectivity index (χ0) is 19.4. The molecule has 0 saturated heterocycles. The predicted molar refractivity (Wildman–Crippen MR) is 100 cm³/mol. The molecule has 0 aliphatic carbocycles. The smallest absolute Gasteiger partial charge is 0.270 e. The molecular weight excluding hydrogens is 351 g/mol. The molecule has 2 N–H and O–H groups in total. The maximum absolute atomic E-state index is 13.5. The van der Waals surface area contributed by atoms with Crippen molar-refractivity contribution in [2.75, 3.05) is 18.4 Å². The minimum atomic E-state index is -0.450. The second-order valence-electron chi connectivity index (χ2n) is 5.98. The number of carbonyl (C=O) groups excluding carboxylic acids is 1. The first kappa shape index (κ1) is 18.2. The number of pyridine rings is 1. The number of anilines is 1. The van der Waals surface area contributed by atoms with Gasteiger partial charge in [0.05, 0.1) is 10.4 Å². The van der Waals surface area contributed by atoms with Crippen LogP contribution in [0.3, 0.4) is 0 Å². The zero-order valence-corrected chi connectivity index (χ0v) is 14.5. The van der Waals surface area contributed by atoms with Crippen LogP contribution in [-0.2, 0) is 0 Å². The number of rotatable bonds is 6. The summed E-state index contributed by atoms with van der Waals surface area (Å²) in [6.07, 6.45) is 0. The molecule has 0 spiro atoms. The lowest BCUT2D eigenvalue weighted by Gasteiger charge is -2.09. The number of fused-ring (bicyclic) bond motifs is 1. The summed E-state index contributed by atoms with van der Waals surface area (Å²) in [5.74, 6) is -0.178. The third-order valence-corrected chi connectivity index (χ3v) is 4.03. The molecule has 27 heavy (non-hydrogen) atoms. The fraction of sp³-hybridized carbons (Fsp3) is 0.158. The molecule has 2 aromatic carbocycles. The lowest BCUT2D eigenvalue weighted by Crippen LogP contribution is -2.29. The normalized spacial score (nSPS) is 10.6. The van der Waals surface area contributed by atoms with Crippen molar-refractivity contribution in [3.05, 3.63) is 75.6 Å². The van der Waals surface area contributed by atoms with Crippen LogP contribution in [0, 0.1) is 22.9 Å². The Kier molecular flexibility index (Phi) is 5.25. The van der Waals surface area contributed by atoms with Gasteiger partial charge in [-0.2, -0.15) is 0 Å². The molecule has 138 valence electrons. The molecule has 0 atom stereocenters. The lowest BCUT2D eigenvalue weighted by atomic mass is 10.1. The number of amides is 1. The van der Waals surface area contributed by atoms with Crippen molar-refractivity contribution in [1.29, 1.82) is 0 Å². The first-order valence-electron chi connectivity index (χ1n) is 8.27. The largest absolute Gasteiger partial charge is 0.368 e. The Hall–Kier alpha value is -3.55. The summed E-state index contributed by atoms with van der Waals surface area (Å²) in [6, 6.07) is 12.3. The molecule has 0 unspecified atom stereocenters. The molecule has 1 amide bonds. The van der Waals surface area contributed by atoms with Gasteiger partial charge >= 0.3 is 0 Å². The predicted octanol–water partition coefficient (Wildman–Crippen LogP) is 3.43. The molecule has 3 rings (SSSR count). The molecule has 7 nitrogen and oxygen atoms in total. The Morgan fingerprint density at radius 3 is 2.70 bits per heavy atom. The molecule has 0 fully saturated rings. The van der Waals surface area contributed by atoms with Gasteiger partial charge in [0.25, 0.3) is 11.6 Å². The molecule has 1 heterocycles. The second-order valence-corrected chi connectivity index (χ2v) is 5.98. The number of aromatic nitrogens is 1. The highest BCUT2D eigenvalue weighted by atomic mass is 19.1. The Balaban J connectivity index is 1.55. The van der Waals surface area contributed by atoms with E-state index >= 15 is 0 Å². The van der Waals surface area contributed by atoms with Crippen molar-refractivity contribution in [2.24, 2.45) is 0 Å². The van der Waals surface area contributed by atoms with Gasteiger partial charge in [-0.1, -0.05) is 6.07 Å². The van der Waals surface area contributed by atoms with E-state index in [2.05, 4.69) is 15.6 Å². The number of halogens is 1. The van der Waals surface area contributed by atoms with Crippen LogP contribution in [0.5, 0.6) is 0 Å². The van der Waals surface area contributed by atoms with Gasteiger partial charge in [-0.05, 0) is 42.8 Å². The van der Waals surface area contributed by atoms with Gasteiger partial charge in [0, 0.05) is 36.2 Å². The number of nitro benzene ring substituents is 1. The number of benzene rings is 2. The third-order valence-electron chi connectivity index (χ3n) is 4.03. The van der Waals surface area contributed by atoms with Crippen molar-refractivity contribution in [2.45, 2.75) is 6.92 Å². The Labute approximate surface area is 154 Å². The van der Waals surface area contributed by atoms with E-state index in [1.807, 2.05) is 0 Å². The molecule has 0 bridgehead atoms. The van der Waals surface area contributed by atoms with E-state index in [9.17, 15) is 19.3 Å². The van der Waals surface area contributed by atoms with Gasteiger partial charge in [0.2, 0.25) is 0 Å². The van der Waals surface area contributed by atoms with Crippen LogP contribution < -0.4 is 10.6 Å². The number of nitro groups is 1. The summed E-state index contributed by atoms with van der Waals surface area (Å²) in [7, 11) is 0. The number of carbonyl (C=O) groups is 1. The van der Waals surface area contributed by atoms with E-state index in [1.165, 1.54) is 18.2 Å². The van der Waals surface area contributed by atoms with E-state index in [0.29, 0.717) is 35.4 Å². The van der Waals surface area contributed by atoms with Crippen LogP contribution in [0.1, 0.15) is 15.9 Å². The monoisotopic (exact) mass is 368 g/mol. The molecule has 3 aromatic rings. The van der Waals surface area contributed by atoms with Gasteiger partial charge in [0.1, 0.15) is 11.6 Å². The first-order chi connectivity index (χ1) is 12.9. The van der Waals surface area contributed by atoms with Crippen molar-refractivity contribution < 1.29 is 14.1 Å². The quantitative estimate of drug-likeness (QED) is 0.395. The van der Waals surface area contributed by atoms with E-state index in [1.54, 1.807) is 37.3 Å². The van der Waals surface area contributed by atoms with Crippen LogP contribution >= 0.6 is 0 Å². The lowest BCUT2D eigenvalue weighted by molar-refractivity contribution is -0.384. The minimum absolute atomic E-state index is 0.0141. The van der Waals surface area contributed by atoms with Crippen molar-refractivity contribution >= 4 is 28.3 Å². The van der Waals surface area contributed by atoms with Crippen LogP contribution in [0.2, 0.25) is 0 Å². The zero-order valence-electron chi connectivity index (χ0n) is 14.5. The average molecular weight is 368 g/mol. The highest BCUT2D eigenvalue weighted by Crippen LogP contribution is 2.20. The van der Waals surface area contributed by atoms with Crippen molar-refractivity contribution in [1.82, 2.24) is 10.3 Å². The maximum Gasteiger partial charge on any atom is 0.270 e. The number of hydrogen-bond acceptors (Lipinski definition) is 5. The molecule has 0 aliphatic heterocycles. The summed E-state index contributed by atoms with van der Waals surface area (Å²) in [5, 5.41) is 17.2. The van der Waals surface area contributed by atoms with Crippen LogP contribution in [0.15, 0.2) is 48.5 Å². The fourth-order valence-corrected chi connectivity index (χ4v) is 2.53. The topological polar surface area (TPSA) is 97.2 Å².